The number of aromatic nitrogens is 3. The largest absolute Gasteiger partial charge is 0.383 e. The number of hydrogen-bond donors (Lipinski definition) is 2. The van der Waals surface area contributed by atoms with Gasteiger partial charge in [-0.05, 0) is 35.9 Å². The Hall–Kier alpha value is -3.00. The van der Waals surface area contributed by atoms with Gasteiger partial charge in [0.05, 0.1) is 11.0 Å². The molecule has 0 atom stereocenters. The van der Waals surface area contributed by atoms with Crippen molar-refractivity contribution in [2.75, 3.05) is 37.6 Å². The second-order valence-corrected chi connectivity index (χ2v) is 8.47. The van der Waals surface area contributed by atoms with E-state index in [9.17, 15) is 0 Å². The quantitative estimate of drug-likeness (QED) is 0.509. The van der Waals surface area contributed by atoms with Crippen LogP contribution in [0.25, 0.3) is 21.8 Å². The predicted molar refractivity (Wildman–Crippen MR) is 126 cm³/mol. The van der Waals surface area contributed by atoms with Gasteiger partial charge in [-0.3, -0.25) is 9.80 Å². The number of anilines is 2. The van der Waals surface area contributed by atoms with Crippen LogP contribution in [-0.2, 0) is 13.1 Å². The van der Waals surface area contributed by atoms with Gasteiger partial charge in [-0.25, -0.2) is 15.0 Å². The number of pyridine rings is 1. The molecule has 1 saturated heterocycles. The van der Waals surface area contributed by atoms with Crippen molar-refractivity contribution in [2.45, 2.75) is 13.1 Å². The SMILES string of the molecule is Nc1nc2cc(Cl)ccc2cc1CN1CCN(Cc2ccc3c(N)ncnc3c2)CC1. The van der Waals surface area contributed by atoms with Crippen molar-refractivity contribution in [3.8, 4) is 0 Å². The molecule has 5 rings (SSSR count). The highest BCUT2D eigenvalue weighted by molar-refractivity contribution is 6.31. The van der Waals surface area contributed by atoms with E-state index in [4.69, 9.17) is 23.1 Å². The second kappa shape index (κ2) is 8.26. The van der Waals surface area contributed by atoms with Crippen LogP contribution < -0.4 is 11.5 Å². The Morgan fingerprint density at radius 2 is 1.58 bits per heavy atom. The monoisotopic (exact) mass is 433 g/mol. The molecule has 0 aliphatic carbocycles. The van der Waals surface area contributed by atoms with E-state index in [2.05, 4.69) is 43.0 Å². The van der Waals surface area contributed by atoms with E-state index in [1.165, 1.54) is 11.9 Å². The van der Waals surface area contributed by atoms with Crippen LogP contribution in [0, 0.1) is 0 Å². The highest BCUT2D eigenvalue weighted by Crippen LogP contribution is 2.24. The van der Waals surface area contributed by atoms with E-state index in [-0.39, 0.29) is 0 Å². The number of halogens is 1. The van der Waals surface area contributed by atoms with Crippen LogP contribution in [0.3, 0.4) is 0 Å². The predicted octanol–water partition coefficient (Wildman–Crippen LogP) is 3.31. The van der Waals surface area contributed by atoms with E-state index in [0.717, 1.165) is 66.6 Å². The fourth-order valence-corrected chi connectivity index (χ4v) is 4.32. The maximum atomic E-state index is 6.23. The molecule has 0 amide bonds. The minimum Gasteiger partial charge on any atom is -0.383 e. The third kappa shape index (κ3) is 4.25. The summed E-state index contributed by atoms with van der Waals surface area (Å²) in [4.78, 5) is 17.8. The van der Waals surface area contributed by atoms with Crippen molar-refractivity contribution in [1.82, 2.24) is 24.8 Å². The van der Waals surface area contributed by atoms with Crippen molar-refractivity contribution in [1.29, 1.82) is 0 Å². The summed E-state index contributed by atoms with van der Waals surface area (Å²) in [6, 6.07) is 14.1. The zero-order chi connectivity index (χ0) is 21.4. The fraction of sp³-hybridized carbons (Fsp3) is 0.261. The summed E-state index contributed by atoms with van der Waals surface area (Å²) in [5.41, 5.74) is 16.2. The molecule has 1 aliphatic rings. The molecule has 0 radical (unpaired) electrons. The van der Waals surface area contributed by atoms with Crippen molar-refractivity contribution >= 4 is 45.0 Å². The van der Waals surface area contributed by atoms with Gasteiger partial charge < -0.3 is 11.5 Å². The molecular weight excluding hydrogens is 410 g/mol. The van der Waals surface area contributed by atoms with Gasteiger partial charge in [-0.15, -0.1) is 0 Å². The first-order chi connectivity index (χ1) is 15.0. The Kier molecular flexibility index (Phi) is 5.31. The highest BCUT2D eigenvalue weighted by atomic mass is 35.5. The summed E-state index contributed by atoms with van der Waals surface area (Å²) >= 11 is 6.07. The number of nitrogens with zero attached hydrogens (tertiary/aromatic N) is 5. The summed E-state index contributed by atoms with van der Waals surface area (Å²) in [5, 5.41) is 2.64. The third-order valence-corrected chi connectivity index (χ3v) is 6.12. The van der Waals surface area contributed by atoms with Gasteiger partial charge in [-0.1, -0.05) is 23.7 Å². The molecule has 7 nitrogen and oxygen atoms in total. The molecular formula is C23H24ClN7. The molecule has 4 aromatic rings. The van der Waals surface area contributed by atoms with Crippen LogP contribution in [-0.4, -0.2) is 50.9 Å². The van der Waals surface area contributed by atoms with E-state index >= 15 is 0 Å². The van der Waals surface area contributed by atoms with Crippen LogP contribution in [0.15, 0.2) is 48.8 Å². The molecule has 0 spiro atoms. The fourth-order valence-electron chi connectivity index (χ4n) is 4.15. The molecule has 8 heteroatoms. The van der Waals surface area contributed by atoms with Crippen LogP contribution in [0.1, 0.15) is 11.1 Å². The Balaban J connectivity index is 1.22. The number of rotatable bonds is 4. The van der Waals surface area contributed by atoms with E-state index in [0.29, 0.717) is 16.7 Å². The first-order valence-electron chi connectivity index (χ1n) is 10.3. The standard InChI is InChI=1S/C23H24ClN7/c24-18-3-2-16-10-17(22(25)29-20(16)11-18)13-31-7-5-30(6-8-31)12-15-1-4-19-21(9-15)27-14-28-23(19)26/h1-4,9-11,14H,5-8,12-13H2,(H2,25,29)(H2,26,27,28). The third-order valence-electron chi connectivity index (χ3n) is 5.89. The number of fused-ring (bicyclic) bond motifs is 2. The molecule has 2 aromatic carbocycles. The number of nitrogen functional groups attached to an aromatic ring is 2. The molecule has 3 heterocycles. The summed E-state index contributed by atoms with van der Waals surface area (Å²) < 4.78 is 0. The summed E-state index contributed by atoms with van der Waals surface area (Å²) in [6.45, 7) is 5.67. The average Bonchev–Trinajstić information content (AvgIpc) is 2.76. The van der Waals surface area contributed by atoms with Crippen LogP contribution in [0.5, 0.6) is 0 Å². The minimum absolute atomic E-state index is 0.524. The first-order valence-corrected chi connectivity index (χ1v) is 10.7. The van der Waals surface area contributed by atoms with Gasteiger partial charge in [0.25, 0.3) is 0 Å². The van der Waals surface area contributed by atoms with Crippen molar-refractivity contribution < 1.29 is 0 Å². The van der Waals surface area contributed by atoms with E-state index in [1.807, 2.05) is 24.3 Å². The number of nitrogens with two attached hydrogens (primary N) is 2. The van der Waals surface area contributed by atoms with Gasteiger partial charge in [-0.2, -0.15) is 0 Å². The molecule has 2 aromatic heterocycles. The maximum Gasteiger partial charge on any atom is 0.134 e. The maximum absolute atomic E-state index is 6.23. The lowest BCUT2D eigenvalue weighted by Crippen LogP contribution is -2.45. The van der Waals surface area contributed by atoms with Gasteiger partial charge >= 0.3 is 0 Å². The number of benzene rings is 2. The Morgan fingerprint density at radius 1 is 0.806 bits per heavy atom. The van der Waals surface area contributed by atoms with Gasteiger partial charge in [0.2, 0.25) is 0 Å². The Morgan fingerprint density at radius 3 is 2.39 bits per heavy atom. The minimum atomic E-state index is 0.524. The summed E-state index contributed by atoms with van der Waals surface area (Å²) in [6.07, 6.45) is 1.52. The number of hydrogen-bond acceptors (Lipinski definition) is 7. The highest BCUT2D eigenvalue weighted by Gasteiger charge is 2.19. The second-order valence-electron chi connectivity index (χ2n) is 8.03. The number of piperazine rings is 1. The van der Waals surface area contributed by atoms with Crippen molar-refractivity contribution in [3.05, 3.63) is 64.9 Å². The lowest BCUT2D eigenvalue weighted by Gasteiger charge is -2.35. The Labute approximate surface area is 185 Å². The van der Waals surface area contributed by atoms with Crippen LogP contribution in [0.4, 0.5) is 11.6 Å². The zero-order valence-electron chi connectivity index (χ0n) is 17.1. The normalized spacial score (nSPS) is 15.6. The molecule has 0 bridgehead atoms. The van der Waals surface area contributed by atoms with Crippen molar-refractivity contribution in [3.63, 3.8) is 0 Å². The van der Waals surface area contributed by atoms with Gasteiger partial charge in [0, 0.05) is 60.6 Å². The van der Waals surface area contributed by atoms with E-state index in [1.54, 1.807) is 0 Å². The van der Waals surface area contributed by atoms with Crippen LogP contribution in [0.2, 0.25) is 5.02 Å². The molecule has 31 heavy (non-hydrogen) atoms. The molecule has 1 aliphatic heterocycles. The molecule has 158 valence electrons. The summed E-state index contributed by atoms with van der Waals surface area (Å²) in [5.74, 6) is 1.10. The molecule has 4 N–H and O–H groups in total. The smallest absolute Gasteiger partial charge is 0.134 e. The first kappa shape index (κ1) is 19.9. The lowest BCUT2D eigenvalue weighted by molar-refractivity contribution is 0.122. The topological polar surface area (TPSA) is 97.2 Å². The molecule has 1 fully saturated rings. The molecule has 0 saturated carbocycles. The van der Waals surface area contributed by atoms with Crippen LogP contribution >= 0.6 is 11.6 Å². The lowest BCUT2D eigenvalue weighted by atomic mass is 10.1. The van der Waals surface area contributed by atoms with Crippen molar-refractivity contribution in [2.24, 2.45) is 0 Å². The molecule has 0 unspecified atom stereocenters. The van der Waals surface area contributed by atoms with Gasteiger partial charge in [0.1, 0.15) is 18.0 Å². The zero-order valence-corrected chi connectivity index (χ0v) is 17.9. The summed E-state index contributed by atoms with van der Waals surface area (Å²) in [7, 11) is 0. The average molecular weight is 434 g/mol. The van der Waals surface area contributed by atoms with E-state index < -0.39 is 0 Å². The Bertz CT molecular complexity index is 1250. The van der Waals surface area contributed by atoms with Gasteiger partial charge in [0.15, 0.2) is 0 Å².